The van der Waals surface area contributed by atoms with Crippen LogP contribution in [0.5, 0.6) is 0 Å². The Kier molecular flexibility index (Phi) is 6.78. The number of fused-ring (bicyclic) bond motifs is 1. The third-order valence-electron chi connectivity index (χ3n) is 6.21. The predicted octanol–water partition coefficient (Wildman–Crippen LogP) is 2.78. The van der Waals surface area contributed by atoms with Crippen molar-refractivity contribution in [3.8, 4) is 0 Å². The lowest BCUT2D eigenvalue weighted by molar-refractivity contribution is -0.127. The van der Waals surface area contributed by atoms with E-state index in [2.05, 4.69) is 10.2 Å². The van der Waals surface area contributed by atoms with E-state index in [1.165, 1.54) is 0 Å². The van der Waals surface area contributed by atoms with E-state index >= 15 is 0 Å². The molecule has 2 aromatic rings. The molecular weight excluding hydrogens is 424 g/mol. The van der Waals surface area contributed by atoms with Gasteiger partial charge in [0.25, 0.3) is 0 Å². The molecule has 2 amide bonds. The van der Waals surface area contributed by atoms with Crippen molar-refractivity contribution in [2.45, 2.75) is 64.8 Å². The number of ether oxygens (including phenoxy) is 1. The number of carbonyl (C=O) groups is 2. The van der Waals surface area contributed by atoms with Gasteiger partial charge >= 0.3 is 11.8 Å². The molecule has 2 saturated heterocycles. The Morgan fingerprint density at radius 2 is 1.88 bits per heavy atom. The number of hydrogen-bond donors (Lipinski definition) is 1. The maximum Gasteiger partial charge on any atom is 0.421 e. The second kappa shape index (κ2) is 9.59. The largest absolute Gasteiger partial charge is 0.444 e. The highest BCUT2D eigenvalue weighted by molar-refractivity contribution is 5.80. The van der Waals surface area contributed by atoms with Gasteiger partial charge in [0.05, 0.1) is 18.1 Å². The van der Waals surface area contributed by atoms with Gasteiger partial charge in [0.15, 0.2) is 5.58 Å². The molecule has 4 rings (SSSR count). The van der Waals surface area contributed by atoms with E-state index in [-0.39, 0.29) is 29.7 Å². The minimum absolute atomic E-state index is 0.0111. The SMILES string of the molecule is CC(C)(C)OC(=O)N1CCC[C@@H](C(=O)N[C@@H]2CCCN(Cn3c(=O)oc4ccccc43)C2)C1. The number of likely N-dealkylation sites (tertiary alicyclic amines) is 2. The van der Waals surface area contributed by atoms with Crippen LogP contribution in [-0.4, -0.2) is 64.2 Å². The Morgan fingerprint density at radius 1 is 1.12 bits per heavy atom. The van der Waals surface area contributed by atoms with Crippen molar-refractivity contribution >= 4 is 23.1 Å². The second-order valence-corrected chi connectivity index (χ2v) is 10.1. The van der Waals surface area contributed by atoms with Gasteiger partial charge in [-0.15, -0.1) is 0 Å². The Balaban J connectivity index is 1.33. The van der Waals surface area contributed by atoms with Gasteiger partial charge in [-0.1, -0.05) is 12.1 Å². The number of piperidine rings is 2. The average Bonchev–Trinajstić information content (AvgIpc) is 3.08. The Hall–Kier alpha value is -2.81. The van der Waals surface area contributed by atoms with Gasteiger partial charge in [-0.3, -0.25) is 14.3 Å². The molecule has 33 heavy (non-hydrogen) atoms. The van der Waals surface area contributed by atoms with Gasteiger partial charge < -0.3 is 19.4 Å². The van der Waals surface area contributed by atoms with E-state index in [1.807, 2.05) is 39.0 Å². The third-order valence-corrected chi connectivity index (χ3v) is 6.21. The van der Waals surface area contributed by atoms with Crippen molar-refractivity contribution < 1.29 is 18.7 Å². The molecule has 180 valence electrons. The molecule has 2 aliphatic heterocycles. The lowest BCUT2D eigenvalue weighted by Gasteiger charge is -2.36. The molecule has 1 aromatic heterocycles. The maximum atomic E-state index is 13.0. The monoisotopic (exact) mass is 458 g/mol. The molecule has 0 saturated carbocycles. The van der Waals surface area contributed by atoms with Crippen LogP contribution < -0.4 is 11.1 Å². The molecule has 9 nitrogen and oxygen atoms in total. The normalized spacial score (nSPS) is 22.3. The number of hydrogen-bond acceptors (Lipinski definition) is 6. The summed E-state index contributed by atoms with van der Waals surface area (Å²) in [4.78, 5) is 41.5. The van der Waals surface area contributed by atoms with E-state index in [0.29, 0.717) is 31.9 Å². The fourth-order valence-corrected chi connectivity index (χ4v) is 4.65. The lowest BCUT2D eigenvalue weighted by Crippen LogP contribution is -2.52. The van der Waals surface area contributed by atoms with Crippen molar-refractivity contribution in [1.29, 1.82) is 0 Å². The molecule has 2 aliphatic rings. The van der Waals surface area contributed by atoms with Crippen molar-refractivity contribution in [2.75, 3.05) is 26.2 Å². The van der Waals surface area contributed by atoms with Gasteiger partial charge in [-0.05, 0) is 65.1 Å². The van der Waals surface area contributed by atoms with E-state index < -0.39 is 5.60 Å². The van der Waals surface area contributed by atoms with Crippen LogP contribution in [0.4, 0.5) is 4.79 Å². The Bertz CT molecular complexity index is 1050. The standard InChI is InChI=1S/C24H34N4O5/c1-24(2,3)33-22(30)27-13-6-8-17(14-27)21(29)25-18-9-7-12-26(15-18)16-28-19-10-4-5-11-20(19)32-23(28)31/h4-5,10-11,17-18H,6-9,12-16H2,1-3H3,(H,25,29)/t17-,18-/m1/s1. The summed E-state index contributed by atoms with van der Waals surface area (Å²) in [5.74, 6) is -0.616. The smallest absolute Gasteiger partial charge is 0.421 e. The molecule has 0 spiro atoms. The minimum Gasteiger partial charge on any atom is -0.444 e. The number of benzene rings is 1. The molecule has 1 N–H and O–H groups in total. The quantitative estimate of drug-likeness (QED) is 0.757. The number of nitrogens with one attached hydrogen (secondary N) is 1. The number of para-hydroxylation sites is 2. The van der Waals surface area contributed by atoms with Crippen LogP contribution in [0.2, 0.25) is 0 Å². The maximum absolute atomic E-state index is 13.0. The molecule has 3 heterocycles. The topological polar surface area (TPSA) is 97.0 Å². The molecule has 2 fully saturated rings. The van der Waals surface area contributed by atoms with Crippen molar-refractivity contribution in [3.63, 3.8) is 0 Å². The summed E-state index contributed by atoms with van der Waals surface area (Å²) in [5.41, 5.74) is 0.800. The van der Waals surface area contributed by atoms with Gasteiger partial charge in [-0.25, -0.2) is 9.59 Å². The van der Waals surface area contributed by atoms with Crippen LogP contribution in [0.3, 0.4) is 0 Å². The predicted molar refractivity (Wildman–Crippen MR) is 124 cm³/mol. The highest BCUT2D eigenvalue weighted by Gasteiger charge is 2.32. The Labute approximate surface area is 193 Å². The van der Waals surface area contributed by atoms with Crippen LogP contribution in [0.1, 0.15) is 46.5 Å². The van der Waals surface area contributed by atoms with Crippen LogP contribution in [0.15, 0.2) is 33.5 Å². The molecule has 0 bridgehead atoms. The Morgan fingerprint density at radius 3 is 2.67 bits per heavy atom. The molecule has 0 radical (unpaired) electrons. The van der Waals surface area contributed by atoms with Gasteiger partial charge in [-0.2, -0.15) is 0 Å². The number of carbonyl (C=O) groups excluding carboxylic acids is 2. The number of amides is 2. The highest BCUT2D eigenvalue weighted by atomic mass is 16.6. The summed E-state index contributed by atoms with van der Waals surface area (Å²) >= 11 is 0. The van der Waals surface area contributed by atoms with Crippen molar-refractivity contribution in [2.24, 2.45) is 5.92 Å². The summed E-state index contributed by atoms with van der Waals surface area (Å²) in [6, 6.07) is 7.41. The van der Waals surface area contributed by atoms with E-state index in [0.717, 1.165) is 37.7 Å². The first kappa shape index (κ1) is 23.4. The summed E-state index contributed by atoms with van der Waals surface area (Å²) in [6.07, 6.45) is 3.01. The first-order chi connectivity index (χ1) is 15.7. The summed E-state index contributed by atoms with van der Waals surface area (Å²) in [6.45, 7) is 8.47. The highest BCUT2D eigenvalue weighted by Crippen LogP contribution is 2.21. The first-order valence-corrected chi connectivity index (χ1v) is 11.8. The van der Waals surface area contributed by atoms with Crippen molar-refractivity contribution in [3.05, 3.63) is 34.8 Å². The lowest BCUT2D eigenvalue weighted by atomic mass is 9.96. The summed E-state index contributed by atoms with van der Waals surface area (Å²) in [7, 11) is 0. The molecular formula is C24H34N4O5. The zero-order valence-electron chi connectivity index (χ0n) is 19.7. The number of oxazole rings is 1. The van der Waals surface area contributed by atoms with E-state index in [1.54, 1.807) is 15.5 Å². The number of rotatable bonds is 4. The average molecular weight is 459 g/mol. The van der Waals surface area contributed by atoms with Crippen molar-refractivity contribution in [1.82, 2.24) is 19.7 Å². The number of nitrogens with zero attached hydrogens (tertiary/aromatic N) is 3. The molecule has 2 atom stereocenters. The first-order valence-electron chi connectivity index (χ1n) is 11.8. The minimum atomic E-state index is -0.555. The summed E-state index contributed by atoms with van der Waals surface area (Å²) < 4.78 is 12.5. The summed E-state index contributed by atoms with van der Waals surface area (Å²) in [5, 5.41) is 3.19. The fourth-order valence-electron chi connectivity index (χ4n) is 4.65. The van der Waals surface area contributed by atoms with E-state index in [9.17, 15) is 14.4 Å². The van der Waals surface area contributed by atoms with Crippen LogP contribution >= 0.6 is 0 Å². The zero-order valence-corrected chi connectivity index (χ0v) is 19.7. The van der Waals surface area contributed by atoms with Crippen LogP contribution in [-0.2, 0) is 16.2 Å². The second-order valence-electron chi connectivity index (χ2n) is 10.1. The third kappa shape index (κ3) is 5.76. The molecule has 1 aromatic carbocycles. The molecule has 0 unspecified atom stereocenters. The molecule has 0 aliphatic carbocycles. The molecule has 9 heteroatoms. The van der Waals surface area contributed by atoms with Gasteiger partial charge in [0, 0.05) is 25.7 Å². The number of aromatic nitrogens is 1. The zero-order chi connectivity index (χ0) is 23.6. The van der Waals surface area contributed by atoms with Gasteiger partial charge in [0.2, 0.25) is 5.91 Å². The van der Waals surface area contributed by atoms with Crippen LogP contribution in [0.25, 0.3) is 11.1 Å². The van der Waals surface area contributed by atoms with Gasteiger partial charge in [0.1, 0.15) is 5.60 Å². The van der Waals surface area contributed by atoms with Crippen LogP contribution in [0, 0.1) is 5.92 Å². The van der Waals surface area contributed by atoms with E-state index in [4.69, 9.17) is 9.15 Å². The fraction of sp³-hybridized carbons (Fsp3) is 0.625.